The second-order valence-electron chi connectivity index (χ2n) is 9.54. The number of nitrogens with zero attached hydrogens (tertiary/aromatic N) is 2. The van der Waals surface area contributed by atoms with E-state index in [-0.39, 0.29) is 0 Å². The molecule has 0 aromatic heterocycles. The molecule has 0 bridgehead atoms. The monoisotopic (exact) mass is 460 g/mol. The highest BCUT2D eigenvalue weighted by molar-refractivity contribution is 6.31. The van der Waals surface area contributed by atoms with Gasteiger partial charge in [-0.25, -0.2) is 0 Å². The number of hydrogen-bond donors (Lipinski definition) is 0. The molecule has 2 aromatic carbocycles. The Morgan fingerprint density at radius 1 is 0.588 bits per heavy atom. The van der Waals surface area contributed by atoms with Crippen molar-refractivity contribution in [1.29, 1.82) is 0 Å². The van der Waals surface area contributed by atoms with Gasteiger partial charge in [-0.05, 0) is 104 Å². The summed E-state index contributed by atoms with van der Waals surface area (Å²) in [4.78, 5) is 9.82. The van der Waals surface area contributed by atoms with Gasteiger partial charge in [0.1, 0.15) is 0 Å². The summed E-state index contributed by atoms with van der Waals surface area (Å²) in [6.45, 7) is 11.2. The van der Waals surface area contributed by atoms with Gasteiger partial charge in [-0.3, -0.25) is 9.98 Å². The molecule has 0 radical (unpaired) electrons. The SMILES string of the molecule is CCCCc1ccc(N=CC(CC)=Nc2ccc(CCCC)c(CCCC)c2)cc1CCCC. The average Bonchev–Trinajstić information content (AvgIpc) is 2.87. The summed E-state index contributed by atoms with van der Waals surface area (Å²) in [7, 11) is 0. The van der Waals surface area contributed by atoms with Crippen molar-refractivity contribution in [3.05, 3.63) is 58.7 Å². The summed E-state index contributed by atoms with van der Waals surface area (Å²) in [6, 6.07) is 13.6. The summed E-state index contributed by atoms with van der Waals surface area (Å²) in [5, 5.41) is 0. The van der Waals surface area contributed by atoms with Gasteiger partial charge in [0.25, 0.3) is 0 Å². The highest BCUT2D eigenvalue weighted by atomic mass is 14.8. The van der Waals surface area contributed by atoms with Crippen molar-refractivity contribution in [2.24, 2.45) is 9.98 Å². The van der Waals surface area contributed by atoms with E-state index in [0.717, 1.165) is 36.3 Å². The molecule has 2 heteroatoms. The summed E-state index contributed by atoms with van der Waals surface area (Å²) in [5.41, 5.74) is 9.10. The number of aliphatic imine (C=N–C) groups is 2. The molecule has 0 aliphatic rings. The molecule has 0 spiro atoms. The third kappa shape index (κ3) is 9.57. The molecule has 2 aromatic rings. The highest BCUT2D eigenvalue weighted by Crippen LogP contribution is 2.24. The van der Waals surface area contributed by atoms with Gasteiger partial charge in [0.15, 0.2) is 0 Å². The Kier molecular flexibility index (Phi) is 13.5. The molecule has 0 aliphatic carbocycles. The molecule has 186 valence electrons. The van der Waals surface area contributed by atoms with Crippen LogP contribution in [0.15, 0.2) is 46.4 Å². The van der Waals surface area contributed by atoms with E-state index in [4.69, 9.17) is 9.98 Å². The van der Waals surface area contributed by atoms with Gasteiger partial charge in [0.2, 0.25) is 0 Å². The summed E-state index contributed by atoms with van der Waals surface area (Å²) in [6.07, 6.45) is 17.4. The Morgan fingerprint density at radius 2 is 1.03 bits per heavy atom. The minimum Gasteiger partial charge on any atom is -0.255 e. The van der Waals surface area contributed by atoms with Crippen LogP contribution in [0.2, 0.25) is 0 Å². The van der Waals surface area contributed by atoms with Crippen LogP contribution in [0.25, 0.3) is 0 Å². The predicted molar refractivity (Wildman–Crippen MR) is 153 cm³/mol. The highest BCUT2D eigenvalue weighted by Gasteiger charge is 2.06. The lowest BCUT2D eigenvalue weighted by Crippen LogP contribution is -1.99. The minimum absolute atomic E-state index is 0.878. The molecule has 0 unspecified atom stereocenters. The van der Waals surface area contributed by atoms with Crippen LogP contribution in [0.1, 0.15) is 115 Å². The van der Waals surface area contributed by atoms with E-state index in [9.17, 15) is 0 Å². The number of rotatable bonds is 16. The second kappa shape index (κ2) is 16.4. The normalized spacial score (nSPS) is 12.1. The van der Waals surface area contributed by atoms with Crippen molar-refractivity contribution in [3.63, 3.8) is 0 Å². The third-order valence-corrected chi connectivity index (χ3v) is 6.58. The lowest BCUT2D eigenvalue weighted by molar-refractivity contribution is 0.758. The van der Waals surface area contributed by atoms with Crippen LogP contribution < -0.4 is 0 Å². The summed E-state index contributed by atoms with van der Waals surface area (Å²) >= 11 is 0. The van der Waals surface area contributed by atoms with Crippen molar-refractivity contribution in [2.75, 3.05) is 0 Å². The molecule has 0 aliphatic heterocycles. The predicted octanol–water partition coefficient (Wildman–Crippen LogP) is 9.94. The van der Waals surface area contributed by atoms with E-state index < -0.39 is 0 Å². The van der Waals surface area contributed by atoms with Gasteiger partial charge in [-0.2, -0.15) is 0 Å². The molecule has 0 saturated carbocycles. The Morgan fingerprint density at radius 3 is 1.50 bits per heavy atom. The Hall–Kier alpha value is -2.22. The van der Waals surface area contributed by atoms with Gasteiger partial charge in [0.05, 0.1) is 17.1 Å². The van der Waals surface area contributed by atoms with Crippen LogP contribution >= 0.6 is 0 Å². The third-order valence-electron chi connectivity index (χ3n) is 6.58. The van der Waals surface area contributed by atoms with Crippen LogP contribution in [0.4, 0.5) is 11.4 Å². The second-order valence-corrected chi connectivity index (χ2v) is 9.54. The number of unbranched alkanes of at least 4 members (excludes halogenated alkanes) is 4. The van der Waals surface area contributed by atoms with Gasteiger partial charge in [-0.15, -0.1) is 0 Å². The number of aryl methyl sites for hydroxylation is 4. The molecule has 0 atom stereocenters. The van der Waals surface area contributed by atoms with E-state index in [1.807, 2.05) is 6.21 Å². The van der Waals surface area contributed by atoms with Gasteiger partial charge in [-0.1, -0.05) is 72.4 Å². The smallest absolute Gasteiger partial charge is 0.0636 e. The molecule has 0 amide bonds. The first-order valence-electron chi connectivity index (χ1n) is 14.0. The Balaban J connectivity index is 2.24. The van der Waals surface area contributed by atoms with Crippen molar-refractivity contribution >= 4 is 23.3 Å². The Bertz CT molecular complexity index is 907. The molecule has 0 heterocycles. The van der Waals surface area contributed by atoms with E-state index in [1.54, 1.807) is 0 Å². The molecule has 34 heavy (non-hydrogen) atoms. The van der Waals surface area contributed by atoms with E-state index >= 15 is 0 Å². The fraction of sp³-hybridized carbons (Fsp3) is 0.562. The average molecular weight is 461 g/mol. The van der Waals surface area contributed by atoms with Crippen LogP contribution in [0.5, 0.6) is 0 Å². The maximum absolute atomic E-state index is 4.98. The molecule has 0 saturated heterocycles. The number of benzene rings is 2. The Labute approximate surface area is 210 Å². The first-order chi connectivity index (χ1) is 16.6. The van der Waals surface area contributed by atoms with Crippen LogP contribution in [-0.4, -0.2) is 11.9 Å². The molecule has 2 nitrogen and oxygen atoms in total. The lowest BCUT2D eigenvalue weighted by atomic mass is 9.97. The summed E-state index contributed by atoms with van der Waals surface area (Å²) < 4.78 is 0. The van der Waals surface area contributed by atoms with Crippen molar-refractivity contribution < 1.29 is 0 Å². The zero-order chi connectivity index (χ0) is 24.6. The molecule has 0 fully saturated rings. The standard InChI is InChI=1S/C32H48N2/c1-6-11-15-26-19-21-31(23-28(26)17-13-8-3)33-25-30(10-5)34-32-22-20-27(16-12-7-2)29(24-32)18-14-9-4/h19-25H,6-18H2,1-5H3. The van der Waals surface area contributed by atoms with Crippen LogP contribution in [0.3, 0.4) is 0 Å². The van der Waals surface area contributed by atoms with E-state index in [1.165, 1.54) is 86.5 Å². The maximum Gasteiger partial charge on any atom is 0.0636 e. The summed E-state index contributed by atoms with van der Waals surface area (Å²) in [5.74, 6) is 0. The lowest BCUT2D eigenvalue weighted by Gasteiger charge is -2.11. The van der Waals surface area contributed by atoms with Gasteiger partial charge in [0, 0.05) is 6.21 Å². The fourth-order valence-corrected chi connectivity index (χ4v) is 4.31. The maximum atomic E-state index is 4.98. The quantitative estimate of drug-likeness (QED) is 0.223. The molecule has 0 N–H and O–H groups in total. The topological polar surface area (TPSA) is 24.7 Å². The number of hydrogen-bond acceptors (Lipinski definition) is 2. The van der Waals surface area contributed by atoms with Gasteiger partial charge >= 0.3 is 0 Å². The van der Waals surface area contributed by atoms with Crippen molar-refractivity contribution in [1.82, 2.24) is 0 Å². The molecule has 2 rings (SSSR count). The van der Waals surface area contributed by atoms with Crippen LogP contribution in [-0.2, 0) is 25.7 Å². The van der Waals surface area contributed by atoms with Gasteiger partial charge < -0.3 is 0 Å². The molecular weight excluding hydrogens is 412 g/mol. The zero-order valence-electron chi connectivity index (χ0n) is 22.6. The van der Waals surface area contributed by atoms with Crippen LogP contribution in [0, 0.1) is 0 Å². The molecular formula is C32H48N2. The minimum atomic E-state index is 0.878. The van der Waals surface area contributed by atoms with Crippen molar-refractivity contribution in [2.45, 2.75) is 118 Å². The fourth-order valence-electron chi connectivity index (χ4n) is 4.31. The zero-order valence-corrected chi connectivity index (χ0v) is 22.6. The first-order valence-corrected chi connectivity index (χ1v) is 14.0. The largest absolute Gasteiger partial charge is 0.255 e. The van der Waals surface area contributed by atoms with E-state index in [2.05, 4.69) is 71.0 Å². The van der Waals surface area contributed by atoms with E-state index in [0.29, 0.717) is 0 Å². The van der Waals surface area contributed by atoms with Crippen molar-refractivity contribution in [3.8, 4) is 0 Å². The first kappa shape index (κ1) is 28.0.